The monoisotopic (exact) mass is 188 g/mol. The van der Waals surface area contributed by atoms with Gasteiger partial charge < -0.3 is 4.74 Å². The Kier molecular flexibility index (Phi) is 6.48. The third kappa shape index (κ3) is 7.35. The number of hydrogen-bond acceptors (Lipinski definition) is 2. The van der Waals surface area contributed by atoms with E-state index in [0.29, 0.717) is 12.8 Å². The Labute approximate surface area is 77.9 Å². The molecule has 3 heteroatoms. The van der Waals surface area contributed by atoms with Crippen molar-refractivity contribution < 1.29 is 9.53 Å². The second-order valence-corrected chi connectivity index (χ2v) is 2.89. The van der Waals surface area contributed by atoms with E-state index in [9.17, 15) is 4.79 Å². The van der Waals surface area contributed by atoms with Crippen LogP contribution in [-0.2, 0) is 9.53 Å². The molecule has 2 nitrogen and oxygen atoms in total. The van der Waals surface area contributed by atoms with E-state index in [0.717, 1.165) is 5.03 Å². The van der Waals surface area contributed by atoms with Crippen molar-refractivity contribution in [1.29, 1.82) is 0 Å². The summed E-state index contributed by atoms with van der Waals surface area (Å²) in [5.41, 5.74) is 0. The van der Waals surface area contributed by atoms with Gasteiger partial charge in [0.05, 0.1) is 7.11 Å². The molecule has 0 aliphatic rings. The molecule has 0 aliphatic carbocycles. The van der Waals surface area contributed by atoms with Gasteiger partial charge in [0.1, 0.15) is 0 Å². The lowest BCUT2D eigenvalue weighted by molar-refractivity contribution is -0.140. The first-order chi connectivity index (χ1) is 5.66. The van der Waals surface area contributed by atoms with Crippen LogP contribution in [0.15, 0.2) is 23.3 Å². The van der Waals surface area contributed by atoms with Crippen molar-refractivity contribution in [2.45, 2.75) is 19.8 Å². The topological polar surface area (TPSA) is 26.3 Å². The quantitative estimate of drug-likeness (QED) is 0.501. The first kappa shape index (κ1) is 11.2. The number of ether oxygens (including phenoxy) is 1. The van der Waals surface area contributed by atoms with Crippen molar-refractivity contribution in [3.8, 4) is 0 Å². The predicted molar refractivity (Wildman–Crippen MR) is 50.0 cm³/mol. The molecule has 68 valence electrons. The summed E-state index contributed by atoms with van der Waals surface area (Å²) in [4.78, 5) is 10.6. The number of esters is 1. The molecular weight excluding hydrogens is 176 g/mol. The Hall–Kier alpha value is -0.760. The highest BCUT2D eigenvalue weighted by Gasteiger charge is 1.94. The highest BCUT2D eigenvalue weighted by molar-refractivity contribution is 6.29. The van der Waals surface area contributed by atoms with Crippen LogP contribution in [0.25, 0.3) is 0 Å². The Morgan fingerprint density at radius 2 is 2.25 bits per heavy atom. The average Bonchev–Trinajstić information content (AvgIpc) is 2.03. The van der Waals surface area contributed by atoms with Crippen LogP contribution in [0.3, 0.4) is 0 Å². The third-order valence-corrected chi connectivity index (χ3v) is 1.33. The fraction of sp³-hybridized carbons (Fsp3) is 0.444. The van der Waals surface area contributed by atoms with Crippen LogP contribution < -0.4 is 0 Å². The van der Waals surface area contributed by atoms with Gasteiger partial charge in [-0.15, -0.1) is 0 Å². The summed E-state index contributed by atoms with van der Waals surface area (Å²) in [6.45, 7) is 1.80. The van der Waals surface area contributed by atoms with Crippen molar-refractivity contribution in [2.24, 2.45) is 0 Å². The molecule has 0 aliphatic heterocycles. The van der Waals surface area contributed by atoms with E-state index in [1.807, 2.05) is 12.2 Å². The summed E-state index contributed by atoms with van der Waals surface area (Å²) in [7, 11) is 1.38. The molecule has 0 aromatic heterocycles. The van der Waals surface area contributed by atoms with Crippen LogP contribution in [0.2, 0.25) is 0 Å². The molecule has 0 fully saturated rings. The molecule has 0 saturated carbocycles. The summed E-state index contributed by atoms with van der Waals surface area (Å²) < 4.78 is 4.46. The first-order valence-electron chi connectivity index (χ1n) is 3.72. The van der Waals surface area contributed by atoms with Gasteiger partial charge in [0.25, 0.3) is 0 Å². The average molecular weight is 189 g/mol. The van der Waals surface area contributed by atoms with Crippen LogP contribution in [0.4, 0.5) is 0 Å². The van der Waals surface area contributed by atoms with Crippen LogP contribution in [0.1, 0.15) is 19.8 Å². The molecule has 0 rings (SSSR count). The number of hydrogen-bond donors (Lipinski definition) is 0. The van der Waals surface area contributed by atoms with Gasteiger partial charge in [-0.3, -0.25) is 4.79 Å². The van der Waals surface area contributed by atoms with Gasteiger partial charge in [-0.2, -0.15) is 0 Å². The molecule has 0 radical (unpaired) electrons. The second kappa shape index (κ2) is 6.92. The number of halogens is 1. The third-order valence-electron chi connectivity index (χ3n) is 1.20. The zero-order valence-corrected chi connectivity index (χ0v) is 8.10. The summed E-state index contributed by atoms with van der Waals surface area (Å²) >= 11 is 5.56. The number of methoxy groups -OCH3 is 1. The summed E-state index contributed by atoms with van der Waals surface area (Å²) in [5.74, 6) is -0.189. The lowest BCUT2D eigenvalue weighted by Gasteiger charge is -1.92. The van der Waals surface area contributed by atoms with E-state index in [-0.39, 0.29) is 5.97 Å². The Balaban J connectivity index is 3.49. The molecule has 0 saturated heterocycles. The van der Waals surface area contributed by atoms with E-state index in [2.05, 4.69) is 4.74 Å². The van der Waals surface area contributed by atoms with Crippen LogP contribution in [0, 0.1) is 0 Å². The maximum atomic E-state index is 10.6. The fourth-order valence-corrected chi connectivity index (χ4v) is 0.673. The highest BCUT2D eigenvalue weighted by atomic mass is 35.5. The molecule has 0 amide bonds. The molecule has 12 heavy (non-hydrogen) atoms. The molecule has 0 N–H and O–H groups in total. The molecule has 0 unspecified atom stereocenters. The lowest BCUT2D eigenvalue weighted by Crippen LogP contribution is -1.97. The Bertz CT molecular complexity index is 191. The molecular formula is C9H13ClO2. The minimum Gasteiger partial charge on any atom is -0.469 e. The van der Waals surface area contributed by atoms with E-state index in [4.69, 9.17) is 11.6 Å². The second-order valence-electron chi connectivity index (χ2n) is 2.30. The lowest BCUT2D eigenvalue weighted by atomic mass is 10.3. The number of carbonyl (C=O) groups excluding carboxylic acids is 1. The smallest absolute Gasteiger partial charge is 0.305 e. The number of allylic oxidation sites excluding steroid dienone is 4. The maximum absolute atomic E-state index is 10.6. The maximum Gasteiger partial charge on any atom is 0.305 e. The van der Waals surface area contributed by atoms with Gasteiger partial charge in [0, 0.05) is 11.5 Å². The van der Waals surface area contributed by atoms with Gasteiger partial charge in [-0.1, -0.05) is 23.8 Å². The summed E-state index contributed by atoms with van der Waals surface area (Å²) in [5, 5.41) is 0.726. The zero-order chi connectivity index (χ0) is 9.40. The predicted octanol–water partition coefficient (Wildman–Crippen LogP) is 2.64. The molecule has 0 bridgehead atoms. The van der Waals surface area contributed by atoms with Gasteiger partial charge in [-0.05, 0) is 19.4 Å². The Morgan fingerprint density at radius 3 is 2.75 bits per heavy atom. The molecule has 0 aromatic rings. The van der Waals surface area contributed by atoms with E-state index < -0.39 is 0 Å². The van der Waals surface area contributed by atoms with Crippen molar-refractivity contribution in [3.63, 3.8) is 0 Å². The standard InChI is InChI=1S/C9H13ClO2/c1-8(10)6-4-3-5-7-9(11)12-2/h3-4,6H,5,7H2,1-2H3/b4-3+,8-6+. The fourth-order valence-electron chi connectivity index (χ4n) is 0.600. The molecule has 0 aromatic carbocycles. The normalized spacial score (nSPS) is 12.1. The van der Waals surface area contributed by atoms with Crippen LogP contribution in [-0.4, -0.2) is 13.1 Å². The largest absolute Gasteiger partial charge is 0.469 e. The van der Waals surface area contributed by atoms with E-state index >= 15 is 0 Å². The van der Waals surface area contributed by atoms with E-state index in [1.165, 1.54) is 7.11 Å². The summed E-state index contributed by atoms with van der Waals surface area (Å²) in [6.07, 6.45) is 6.59. The van der Waals surface area contributed by atoms with Crippen LogP contribution >= 0.6 is 11.6 Å². The molecule has 0 spiro atoms. The highest BCUT2D eigenvalue weighted by Crippen LogP contribution is 1.99. The number of carbonyl (C=O) groups is 1. The summed E-state index contributed by atoms with van der Waals surface area (Å²) in [6, 6.07) is 0. The van der Waals surface area contributed by atoms with Crippen molar-refractivity contribution >= 4 is 17.6 Å². The molecule has 0 heterocycles. The van der Waals surface area contributed by atoms with Crippen molar-refractivity contribution in [3.05, 3.63) is 23.3 Å². The minimum atomic E-state index is -0.189. The molecule has 0 atom stereocenters. The SMILES string of the molecule is COC(=O)CC/C=C/C=C(\C)Cl. The van der Waals surface area contributed by atoms with Gasteiger partial charge >= 0.3 is 5.97 Å². The van der Waals surface area contributed by atoms with Crippen molar-refractivity contribution in [2.75, 3.05) is 7.11 Å². The first-order valence-corrected chi connectivity index (χ1v) is 4.10. The van der Waals surface area contributed by atoms with Crippen LogP contribution in [0.5, 0.6) is 0 Å². The Morgan fingerprint density at radius 1 is 1.58 bits per heavy atom. The van der Waals surface area contributed by atoms with Gasteiger partial charge in [0.2, 0.25) is 0 Å². The van der Waals surface area contributed by atoms with Gasteiger partial charge in [-0.25, -0.2) is 0 Å². The van der Waals surface area contributed by atoms with Crippen molar-refractivity contribution in [1.82, 2.24) is 0 Å². The number of rotatable bonds is 4. The van der Waals surface area contributed by atoms with E-state index in [1.54, 1.807) is 13.0 Å². The minimum absolute atomic E-state index is 0.189. The van der Waals surface area contributed by atoms with Gasteiger partial charge in [0.15, 0.2) is 0 Å². The zero-order valence-electron chi connectivity index (χ0n) is 7.34.